The third-order valence-electron chi connectivity index (χ3n) is 4.51. The molecule has 2 amide bonds. The normalized spacial score (nSPS) is 11.3. The van der Waals surface area contributed by atoms with Gasteiger partial charge in [-0.15, -0.1) is 0 Å². The average Bonchev–Trinajstić information content (AvgIpc) is 3.10. The zero-order valence-corrected chi connectivity index (χ0v) is 17.5. The lowest BCUT2D eigenvalue weighted by molar-refractivity contribution is 0.262. The largest absolute Gasteiger partial charge is 0.513 e. The third kappa shape index (κ3) is 5.28. The summed E-state index contributed by atoms with van der Waals surface area (Å²) >= 11 is 0. The zero-order chi connectivity index (χ0) is 22.8. The Balaban J connectivity index is 1.90. The molecule has 0 aliphatic rings. The van der Waals surface area contributed by atoms with Crippen LogP contribution in [-0.4, -0.2) is 20.9 Å². The summed E-state index contributed by atoms with van der Waals surface area (Å²) in [5.74, 6) is -1.77. The molecule has 0 radical (unpaired) electrons. The van der Waals surface area contributed by atoms with Gasteiger partial charge in [0.2, 0.25) is 0 Å². The number of aliphatic hydroxyl groups is 1. The Hall–Kier alpha value is -3.68. The summed E-state index contributed by atoms with van der Waals surface area (Å²) < 4.78 is 28.8. The van der Waals surface area contributed by atoms with Crippen molar-refractivity contribution in [2.45, 2.75) is 32.6 Å². The number of halogens is 2. The molecule has 0 bridgehead atoms. The summed E-state index contributed by atoms with van der Waals surface area (Å²) in [6, 6.07) is 11.8. The van der Waals surface area contributed by atoms with E-state index in [0.717, 1.165) is 17.3 Å². The number of anilines is 2. The lowest BCUT2D eigenvalue weighted by Gasteiger charge is -2.14. The summed E-state index contributed by atoms with van der Waals surface area (Å²) in [7, 11) is 0. The van der Waals surface area contributed by atoms with Gasteiger partial charge in [-0.25, -0.2) is 18.3 Å². The van der Waals surface area contributed by atoms with Crippen LogP contribution in [-0.2, 0) is 11.8 Å². The molecule has 0 aliphatic carbocycles. The summed E-state index contributed by atoms with van der Waals surface area (Å²) in [4.78, 5) is 12.5. The van der Waals surface area contributed by atoms with Crippen LogP contribution in [0.2, 0.25) is 0 Å². The van der Waals surface area contributed by atoms with E-state index in [1.807, 2.05) is 32.9 Å². The first-order valence-electron chi connectivity index (χ1n) is 9.63. The fourth-order valence-electron chi connectivity index (χ4n) is 2.89. The summed E-state index contributed by atoms with van der Waals surface area (Å²) in [5, 5.41) is 18.9. The molecule has 2 aromatic carbocycles. The highest BCUT2D eigenvalue weighted by Crippen LogP contribution is 2.27. The quantitative estimate of drug-likeness (QED) is 0.458. The van der Waals surface area contributed by atoms with Crippen molar-refractivity contribution in [3.8, 4) is 5.69 Å². The maximum Gasteiger partial charge on any atom is 0.324 e. The molecule has 3 rings (SSSR count). The van der Waals surface area contributed by atoms with E-state index in [1.54, 1.807) is 22.9 Å². The summed E-state index contributed by atoms with van der Waals surface area (Å²) in [6.07, 6.45) is 0.333. The molecule has 0 aliphatic heterocycles. The van der Waals surface area contributed by atoms with Crippen molar-refractivity contribution < 1.29 is 18.7 Å². The van der Waals surface area contributed by atoms with Crippen LogP contribution in [0.3, 0.4) is 0 Å². The fraction of sp³-hybridized carbons (Fsp3) is 0.217. The second kappa shape index (κ2) is 8.59. The van der Waals surface area contributed by atoms with Gasteiger partial charge >= 0.3 is 6.03 Å². The number of nitrogens with zero attached hydrogens (tertiary/aromatic N) is 2. The Kier molecular flexibility index (Phi) is 6.10. The number of aliphatic hydroxyl groups excluding tert-OH is 1. The second-order valence-corrected chi connectivity index (χ2v) is 8.17. The van der Waals surface area contributed by atoms with E-state index in [4.69, 9.17) is 0 Å². The van der Waals surface area contributed by atoms with E-state index in [1.165, 1.54) is 12.1 Å². The van der Waals surface area contributed by atoms with E-state index in [0.29, 0.717) is 17.9 Å². The molecule has 0 spiro atoms. The average molecular weight is 426 g/mol. The molecule has 0 atom stereocenters. The molecule has 0 unspecified atom stereocenters. The standard InChI is InChI=1S/C23H24F2N4O2/c1-14(30)12-15-8-10-16(11-9-15)29-20(13-19(28-29)23(2,3)4)27-22(31)26-18-7-5-6-17(24)21(18)25/h5-11,13,30H,1,12H2,2-4H3,(H2,26,27,31). The Bertz CT molecular complexity index is 1120. The summed E-state index contributed by atoms with van der Waals surface area (Å²) in [5.41, 5.74) is 1.71. The van der Waals surface area contributed by atoms with Gasteiger partial charge in [-0.3, -0.25) is 5.32 Å². The van der Waals surface area contributed by atoms with Crippen LogP contribution in [0.15, 0.2) is 60.9 Å². The number of carbonyl (C=O) groups excluding carboxylic acids is 1. The van der Waals surface area contributed by atoms with E-state index in [-0.39, 0.29) is 16.9 Å². The van der Waals surface area contributed by atoms with Crippen molar-refractivity contribution in [3.63, 3.8) is 0 Å². The van der Waals surface area contributed by atoms with E-state index in [2.05, 4.69) is 22.3 Å². The molecule has 0 fully saturated rings. The smallest absolute Gasteiger partial charge is 0.324 e. The van der Waals surface area contributed by atoms with Crippen LogP contribution < -0.4 is 10.6 Å². The predicted molar refractivity (Wildman–Crippen MR) is 117 cm³/mol. The van der Waals surface area contributed by atoms with Crippen LogP contribution in [0, 0.1) is 11.6 Å². The Morgan fingerprint density at radius 3 is 2.42 bits per heavy atom. The molecule has 0 saturated heterocycles. The molecule has 162 valence electrons. The van der Waals surface area contributed by atoms with Crippen molar-refractivity contribution in [1.29, 1.82) is 0 Å². The van der Waals surface area contributed by atoms with Crippen molar-refractivity contribution in [1.82, 2.24) is 9.78 Å². The minimum Gasteiger partial charge on any atom is -0.513 e. The zero-order valence-electron chi connectivity index (χ0n) is 17.5. The topological polar surface area (TPSA) is 79.2 Å². The van der Waals surface area contributed by atoms with E-state index in [9.17, 15) is 18.7 Å². The molecular formula is C23H24F2N4O2. The van der Waals surface area contributed by atoms with E-state index < -0.39 is 17.7 Å². The van der Waals surface area contributed by atoms with Crippen molar-refractivity contribution in [2.24, 2.45) is 0 Å². The minimum absolute atomic E-state index is 0.0606. The maximum atomic E-state index is 13.9. The Morgan fingerprint density at radius 1 is 1.13 bits per heavy atom. The van der Waals surface area contributed by atoms with Crippen LogP contribution in [0.5, 0.6) is 0 Å². The van der Waals surface area contributed by atoms with Gasteiger partial charge in [0.05, 0.1) is 22.8 Å². The van der Waals surface area contributed by atoms with Crippen molar-refractivity contribution in [3.05, 3.63) is 83.8 Å². The number of benzene rings is 2. The Labute approximate surface area is 179 Å². The second-order valence-electron chi connectivity index (χ2n) is 8.17. The number of carbonyl (C=O) groups is 1. The highest BCUT2D eigenvalue weighted by Gasteiger charge is 2.22. The number of urea groups is 1. The number of nitrogens with one attached hydrogen (secondary N) is 2. The first kappa shape index (κ1) is 22.0. The number of allylic oxidation sites excluding steroid dienone is 1. The van der Waals surface area contributed by atoms with Gasteiger partial charge in [0.1, 0.15) is 5.82 Å². The molecule has 3 aromatic rings. The fourth-order valence-corrected chi connectivity index (χ4v) is 2.89. The highest BCUT2D eigenvalue weighted by atomic mass is 19.2. The van der Waals surface area contributed by atoms with Gasteiger partial charge in [0.15, 0.2) is 11.6 Å². The molecular weight excluding hydrogens is 402 g/mol. The number of amides is 2. The van der Waals surface area contributed by atoms with Crippen molar-refractivity contribution >= 4 is 17.5 Å². The first-order valence-corrected chi connectivity index (χ1v) is 9.63. The molecule has 6 nitrogen and oxygen atoms in total. The van der Waals surface area contributed by atoms with Crippen LogP contribution in [0.4, 0.5) is 25.1 Å². The molecule has 8 heteroatoms. The van der Waals surface area contributed by atoms with Gasteiger partial charge in [-0.1, -0.05) is 45.5 Å². The number of hydrogen-bond donors (Lipinski definition) is 3. The van der Waals surface area contributed by atoms with Gasteiger partial charge in [-0.2, -0.15) is 5.10 Å². The maximum absolute atomic E-state index is 13.9. The van der Waals surface area contributed by atoms with Crippen LogP contribution >= 0.6 is 0 Å². The number of rotatable bonds is 5. The SMILES string of the molecule is C=C(O)Cc1ccc(-n2nc(C(C)(C)C)cc2NC(=O)Nc2cccc(F)c2F)cc1. The molecule has 3 N–H and O–H groups in total. The predicted octanol–water partition coefficient (Wildman–Crippen LogP) is 5.71. The molecule has 1 aromatic heterocycles. The minimum atomic E-state index is -1.14. The van der Waals surface area contributed by atoms with Gasteiger partial charge in [-0.05, 0) is 29.8 Å². The van der Waals surface area contributed by atoms with Gasteiger partial charge in [0.25, 0.3) is 0 Å². The lowest BCUT2D eigenvalue weighted by Crippen LogP contribution is -2.22. The van der Waals surface area contributed by atoms with Gasteiger partial charge < -0.3 is 10.4 Å². The Morgan fingerprint density at radius 2 is 1.81 bits per heavy atom. The lowest BCUT2D eigenvalue weighted by atomic mass is 9.92. The molecule has 0 saturated carbocycles. The first-order chi connectivity index (χ1) is 14.5. The number of hydrogen-bond acceptors (Lipinski definition) is 3. The van der Waals surface area contributed by atoms with E-state index >= 15 is 0 Å². The number of aromatic nitrogens is 2. The van der Waals surface area contributed by atoms with Crippen molar-refractivity contribution in [2.75, 3.05) is 10.6 Å². The summed E-state index contributed by atoms with van der Waals surface area (Å²) in [6.45, 7) is 9.45. The monoisotopic (exact) mass is 426 g/mol. The molecule has 1 heterocycles. The third-order valence-corrected chi connectivity index (χ3v) is 4.51. The van der Waals surface area contributed by atoms with Crippen LogP contribution in [0.25, 0.3) is 5.69 Å². The molecule has 31 heavy (non-hydrogen) atoms. The highest BCUT2D eigenvalue weighted by molar-refractivity contribution is 5.99. The van der Waals surface area contributed by atoms with Gasteiger partial charge in [0, 0.05) is 17.9 Å². The van der Waals surface area contributed by atoms with Crippen LogP contribution in [0.1, 0.15) is 32.0 Å².